The summed E-state index contributed by atoms with van der Waals surface area (Å²) in [7, 11) is 0. The van der Waals surface area contributed by atoms with Crippen molar-refractivity contribution >= 4 is 5.91 Å². The molecular formula is C20H17F3N4O2. The third kappa shape index (κ3) is 4.87. The second-order valence-electron chi connectivity index (χ2n) is 6.29. The highest BCUT2D eigenvalue weighted by atomic mass is 19.4. The van der Waals surface area contributed by atoms with Gasteiger partial charge in [-0.2, -0.15) is 18.3 Å². The number of amides is 1. The molecule has 0 radical (unpaired) electrons. The largest absolute Gasteiger partial charge is 0.416 e. The smallest absolute Gasteiger partial charge is 0.350 e. The first-order valence-corrected chi connectivity index (χ1v) is 8.72. The molecule has 2 aromatic heterocycles. The van der Waals surface area contributed by atoms with Crippen molar-refractivity contribution in [2.45, 2.75) is 19.5 Å². The average molecular weight is 402 g/mol. The van der Waals surface area contributed by atoms with Crippen molar-refractivity contribution in [3.63, 3.8) is 0 Å². The molecule has 3 aromatic rings. The summed E-state index contributed by atoms with van der Waals surface area (Å²) in [4.78, 5) is 28.7. The average Bonchev–Trinajstić information content (AvgIpc) is 2.68. The molecule has 0 unspecified atom stereocenters. The monoisotopic (exact) mass is 402 g/mol. The number of nitrogens with zero attached hydrogens (tertiary/aromatic N) is 3. The number of nitrogens with one attached hydrogen (secondary N) is 1. The molecule has 0 spiro atoms. The molecule has 1 N–H and O–H groups in total. The van der Waals surface area contributed by atoms with Crippen LogP contribution in [0.4, 0.5) is 13.2 Å². The second kappa shape index (κ2) is 8.26. The van der Waals surface area contributed by atoms with Crippen LogP contribution in [-0.4, -0.2) is 27.2 Å². The van der Waals surface area contributed by atoms with Crippen molar-refractivity contribution in [1.29, 1.82) is 0 Å². The normalized spacial score (nSPS) is 11.3. The molecule has 9 heteroatoms. The van der Waals surface area contributed by atoms with E-state index < -0.39 is 28.8 Å². The minimum atomic E-state index is -4.52. The highest BCUT2D eigenvalue weighted by Gasteiger charge is 2.30. The number of aromatic nitrogens is 3. The number of carbonyl (C=O) groups excluding carboxylic acids is 1. The fraction of sp³-hybridized carbons (Fsp3) is 0.200. The van der Waals surface area contributed by atoms with Gasteiger partial charge < -0.3 is 5.32 Å². The number of benzene rings is 1. The molecule has 2 heterocycles. The summed E-state index contributed by atoms with van der Waals surface area (Å²) in [6, 6.07) is 11.1. The fourth-order valence-corrected chi connectivity index (χ4v) is 2.71. The molecule has 0 saturated heterocycles. The molecule has 0 aliphatic rings. The SMILES string of the molecule is Cc1cc(=O)c(C(=O)NCCc2ccccn2)nn1-c1cccc(C(F)(F)F)c1. The van der Waals surface area contributed by atoms with Gasteiger partial charge in [-0.3, -0.25) is 14.6 Å². The van der Waals surface area contributed by atoms with Crippen molar-refractivity contribution < 1.29 is 18.0 Å². The first kappa shape index (κ1) is 20.2. The lowest BCUT2D eigenvalue weighted by atomic mass is 10.2. The minimum absolute atomic E-state index is 0.0971. The van der Waals surface area contributed by atoms with Crippen LogP contribution in [0.3, 0.4) is 0 Å². The quantitative estimate of drug-likeness (QED) is 0.712. The molecule has 0 atom stereocenters. The van der Waals surface area contributed by atoms with Gasteiger partial charge in [0, 0.05) is 36.6 Å². The van der Waals surface area contributed by atoms with Gasteiger partial charge in [0.1, 0.15) is 0 Å². The summed E-state index contributed by atoms with van der Waals surface area (Å²) in [5, 5.41) is 6.59. The van der Waals surface area contributed by atoms with E-state index in [1.807, 2.05) is 6.07 Å². The summed E-state index contributed by atoms with van der Waals surface area (Å²) < 4.78 is 40.1. The maximum atomic E-state index is 13.0. The van der Waals surface area contributed by atoms with Crippen molar-refractivity contribution in [2.75, 3.05) is 6.54 Å². The molecule has 6 nitrogen and oxygen atoms in total. The number of aryl methyl sites for hydroxylation is 1. The minimum Gasteiger partial charge on any atom is -0.350 e. The Labute approximate surface area is 164 Å². The topological polar surface area (TPSA) is 76.9 Å². The maximum Gasteiger partial charge on any atom is 0.416 e. The Balaban J connectivity index is 1.84. The third-order valence-electron chi connectivity index (χ3n) is 4.13. The number of carbonyl (C=O) groups is 1. The van der Waals surface area contributed by atoms with Crippen LogP contribution in [-0.2, 0) is 12.6 Å². The molecule has 0 fully saturated rings. The van der Waals surface area contributed by atoms with E-state index in [-0.39, 0.29) is 12.2 Å². The van der Waals surface area contributed by atoms with Crippen LogP contribution in [0.2, 0.25) is 0 Å². The Morgan fingerprint density at radius 2 is 1.93 bits per heavy atom. The molecule has 0 saturated carbocycles. The fourth-order valence-electron chi connectivity index (χ4n) is 2.71. The van der Waals surface area contributed by atoms with E-state index in [0.717, 1.165) is 22.5 Å². The highest BCUT2D eigenvalue weighted by Crippen LogP contribution is 2.30. The zero-order valence-electron chi connectivity index (χ0n) is 15.4. The predicted molar refractivity (Wildman–Crippen MR) is 99.8 cm³/mol. The van der Waals surface area contributed by atoms with Crippen LogP contribution >= 0.6 is 0 Å². The van der Waals surface area contributed by atoms with E-state index in [2.05, 4.69) is 15.4 Å². The number of rotatable bonds is 5. The van der Waals surface area contributed by atoms with Gasteiger partial charge in [-0.15, -0.1) is 0 Å². The zero-order valence-corrected chi connectivity index (χ0v) is 15.4. The second-order valence-corrected chi connectivity index (χ2v) is 6.29. The van der Waals surface area contributed by atoms with Crippen LogP contribution in [0.1, 0.15) is 27.4 Å². The van der Waals surface area contributed by atoms with Crippen LogP contribution in [0, 0.1) is 6.92 Å². The number of alkyl halides is 3. The van der Waals surface area contributed by atoms with Crippen LogP contribution in [0.5, 0.6) is 0 Å². The van der Waals surface area contributed by atoms with Gasteiger partial charge in [-0.1, -0.05) is 12.1 Å². The van der Waals surface area contributed by atoms with Gasteiger partial charge in [-0.25, -0.2) is 4.68 Å². The van der Waals surface area contributed by atoms with E-state index in [1.165, 1.54) is 25.1 Å². The molecule has 1 aromatic carbocycles. The Morgan fingerprint density at radius 3 is 2.62 bits per heavy atom. The van der Waals surface area contributed by atoms with Gasteiger partial charge in [0.25, 0.3) is 5.91 Å². The van der Waals surface area contributed by atoms with E-state index in [4.69, 9.17) is 0 Å². The van der Waals surface area contributed by atoms with E-state index in [0.29, 0.717) is 12.1 Å². The van der Waals surface area contributed by atoms with Gasteiger partial charge in [0.15, 0.2) is 5.69 Å². The van der Waals surface area contributed by atoms with Gasteiger partial charge in [-0.05, 0) is 37.3 Å². The first-order valence-electron chi connectivity index (χ1n) is 8.72. The Morgan fingerprint density at radius 1 is 1.14 bits per heavy atom. The standard InChI is InChI=1S/C20H17F3N4O2/c1-13-11-17(28)18(19(29)25-10-8-15-6-2-3-9-24-15)26-27(13)16-7-4-5-14(12-16)20(21,22)23/h2-7,9,11-12H,8,10H2,1H3,(H,25,29). The van der Waals surface area contributed by atoms with Crippen LogP contribution in [0.15, 0.2) is 59.5 Å². The van der Waals surface area contributed by atoms with Crippen molar-refractivity contribution in [1.82, 2.24) is 20.1 Å². The molecule has 3 rings (SSSR count). The third-order valence-corrected chi connectivity index (χ3v) is 4.13. The summed E-state index contributed by atoms with van der Waals surface area (Å²) in [6.07, 6.45) is -2.43. The van der Waals surface area contributed by atoms with E-state index >= 15 is 0 Å². The molecular weight excluding hydrogens is 385 g/mol. The van der Waals surface area contributed by atoms with Gasteiger partial charge >= 0.3 is 6.18 Å². The van der Waals surface area contributed by atoms with Gasteiger partial charge in [0.2, 0.25) is 5.43 Å². The summed E-state index contributed by atoms with van der Waals surface area (Å²) in [5.74, 6) is -0.702. The lowest BCUT2D eigenvalue weighted by Gasteiger charge is -2.13. The van der Waals surface area contributed by atoms with E-state index in [9.17, 15) is 22.8 Å². The molecule has 29 heavy (non-hydrogen) atoms. The van der Waals surface area contributed by atoms with Crippen LogP contribution < -0.4 is 10.7 Å². The maximum absolute atomic E-state index is 13.0. The van der Waals surface area contributed by atoms with E-state index in [1.54, 1.807) is 18.3 Å². The highest BCUT2D eigenvalue weighted by molar-refractivity contribution is 5.92. The Bertz CT molecular complexity index is 1080. The first-order chi connectivity index (χ1) is 13.8. The van der Waals surface area contributed by atoms with Crippen molar-refractivity contribution in [2.24, 2.45) is 0 Å². The molecule has 0 aliphatic carbocycles. The molecule has 1 amide bonds. The number of hydrogen-bond donors (Lipinski definition) is 1. The summed E-state index contributed by atoms with van der Waals surface area (Å²) >= 11 is 0. The van der Waals surface area contributed by atoms with Crippen LogP contribution in [0.25, 0.3) is 5.69 Å². The Hall–Kier alpha value is -3.49. The molecule has 0 bridgehead atoms. The number of halogens is 3. The molecule has 150 valence electrons. The molecule has 0 aliphatic heterocycles. The van der Waals surface area contributed by atoms with Crippen molar-refractivity contribution in [3.8, 4) is 5.69 Å². The number of pyridine rings is 1. The van der Waals surface area contributed by atoms with Crippen molar-refractivity contribution in [3.05, 3.63) is 87.6 Å². The Kier molecular flexibility index (Phi) is 5.76. The summed E-state index contributed by atoms with van der Waals surface area (Å²) in [6.45, 7) is 1.76. The van der Waals surface area contributed by atoms with Gasteiger partial charge in [0.05, 0.1) is 11.3 Å². The lowest BCUT2D eigenvalue weighted by molar-refractivity contribution is -0.137. The zero-order chi connectivity index (χ0) is 21.0. The lowest BCUT2D eigenvalue weighted by Crippen LogP contribution is -2.33. The number of hydrogen-bond acceptors (Lipinski definition) is 4. The predicted octanol–water partition coefficient (Wildman–Crippen LogP) is 2.93. The summed E-state index contributed by atoms with van der Waals surface area (Å²) in [5.41, 5.74) is -0.684.